The van der Waals surface area contributed by atoms with Crippen molar-refractivity contribution >= 4 is 6.29 Å². The molecule has 82 valence electrons. The number of ether oxygens (including phenoxy) is 1. The molecule has 0 atom stereocenters. The molecule has 0 saturated carbocycles. The average Bonchev–Trinajstić information content (AvgIpc) is 2.31. The number of benzene rings is 1. The van der Waals surface area contributed by atoms with Gasteiger partial charge in [0.25, 0.3) is 0 Å². The van der Waals surface area contributed by atoms with Crippen LogP contribution in [0.1, 0.15) is 37.0 Å². The fraction of sp³-hybridized carbons (Fsp3) is 0.462. The predicted octanol–water partition coefficient (Wildman–Crippen LogP) is 3.31. The Balaban J connectivity index is 2.46. The summed E-state index contributed by atoms with van der Waals surface area (Å²) >= 11 is 0. The molecule has 0 heterocycles. The second kappa shape index (κ2) is 6.23. The number of hydrogen-bond donors (Lipinski definition) is 0. The summed E-state index contributed by atoms with van der Waals surface area (Å²) in [6.07, 6.45) is 3.12. The van der Waals surface area contributed by atoms with Crippen LogP contribution in [0.3, 0.4) is 0 Å². The maximum atomic E-state index is 10.4. The fourth-order valence-corrected chi connectivity index (χ4v) is 1.38. The molecule has 1 aromatic carbocycles. The zero-order valence-corrected chi connectivity index (χ0v) is 9.40. The summed E-state index contributed by atoms with van der Waals surface area (Å²) in [5.41, 5.74) is 0.685. The van der Waals surface area contributed by atoms with Crippen molar-refractivity contribution in [3.8, 4) is 5.75 Å². The summed E-state index contributed by atoms with van der Waals surface area (Å²) in [6, 6.07) is 7.22. The van der Waals surface area contributed by atoms with E-state index in [1.807, 2.05) is 12.1 Å². The molecule has 0 bridgehead atoms. The molecule has 0 radical (unpaired) electrons. The van der Waals surface area contributed by atoms with Gasteiger partial charge in [0.15, 0.2) is 0 Å². The number of aldehydes is 1. The molecular weight excluding hydrogens is 188 g/mol. The summed E-state index contributed by atoms with van der Waals surface area (Å²) in [5, 5.41) is 0. The van der Waals surface area contributed by atoms with Crippen molar-refractivity contribution in [3.63, 3.8) is 0 Å². The lowest BCUT2D eigenvalue weighted by molar-refractivity contribution is 0.112. The van der Waals surface area contributed by atoms with Gasteiger partial charge in [0.1, 0.15) is 12.0 Å². The van der Waals surface area contributed by atoms with Crippen molar-refractivity contribution in [2.45, 2.75) is 26.7 Å². The Hall–Kier alpha value is -1.31. The van der Waals surface area contributed by atoms with Gasteiger partial charge in [0, 0.05) is 5.56 Å². The maximum Gasteiger partial charge on any atom is 0.150 e. The van der Waals surface area contributed by atoms with Crippen molar-refractivity contribution in [3.05, 3.63) is 29.8 Å². The Bertz CT molecular complexity index is 286. The van der Waals surface area contributed by atoms with E-state index in [-0.39, 0.29) is 0 Å². The molecule has 1 rings (SSSR count). The van der Waals surface area contributed by atoms with E-state index >= 15 is 0 Å². The molecule has 0 N–H and O–H groups in total. The zero-order chi connectivity index (χ0) is 11.1. The third-order valence-corrected chi connectivity index (χ3v) is 2.66. The van der Waals surface area contributed by atoms with Gasteiger partial charge in [-0.3, -0.25) is 4.79 Å². The van der Waals surface area contributed by atoms with E-state index in [1.54, 1.807) is 12.1 Å². The minimum absolute atomic E-state index is 0.621. The third kappa shape index (κ3) is 3.74. The molecule has 0 amide bonds. The van der Waals surface area contributed by atoms with Crippen molar-refractivity contribution in [1.29, 1.82) is 0 Å². The molecular formula is C13H18O2. The summed E-state index contributed by atoms with van der Waals surface area (Å²) in [4.78, 5) is 10.4. The van der Waals surface area contributed by atoms with Crippen LogP contribution in [0.15, 0.2) is 24.3 Å². The monoisotopic (exact) mass is 206 g/mol. The number of carbonyl (C=O) groups is 1. The maximum absolute atomic E-state index is 10.4. The van der Waals surface area contributed by atoms with E-state index in [4.69, 9.17) is 4.74 Å². The normalized spacial score (nSPS) is 10.3. The van der Waals surface area contributed by atoms with Gasteiger partial charge < -0.3 is 4.74 Å². The average molecular weight is 206 g/mol. The minimum Gasteiger partial charge on any atom is -0.493 e. The van der Waals surface area contributed by atoms with Gasteiger partial charge in [0.05, 0.1) is 6.61 Å². The Labute approximate surface area is 91.3 Å². The van der Waals surface area contributed by atoms with Crippen LogP contribution in [-0.4, -0.2) is 12.9 Å². The Morgan fingerprint density at radius 3 is 2.27 bits per heavy atom. The first-order valence-corrected chi connectivity index (χ1v) is 5.48. The van der Waals surface area contributed by atoms with Crippen LogP contribution < -0.4 is 4.74 Å². The molecule has 0 saturated heterocycles. The molecule has 0 aliphatic rings. The molecule has 2 nitrogen and oxygen atoms in total. The van der Waals surface area contributed by atoms with E-state index < -0.39 is 0 Å². The van der Waals surface area contributed by atoms with E-state index in [9.17, 15) is 4.79 Å². The SMILES string of the molecule is CCC(CC)COc1ccc(C=O)cc1. The largest absolute Gasteiger partial charge is 0.493 e. The van der Waals surface area contributed by atoms with Crippen LogP contribution in [0, 0.1) is 5.92 Å². The molecule has 0 spiro atoms. The van der Waals surface area contributed by atoms with Crippen LogP contribution in [0.2, 0.25) is 0 Å². The highest BCUT2D eigenvalue weighted by molar-refractivity contribution is 5.74. The van der Waals surface area contributed by atoms with Crippen LogP contribution in [-0.2, 0) is 0 Å². The molecule has 2 heteroatoms. The Kier molecular flexibility index (Phi) is 4.88. The van der Waals surface area contributed by atoms with Crippen molar-refractivity contribution in [1.82, 2.24) is 0 Å². The summed E-state index contributed by atoms with van der Waals surface area (Å²) in [6.45, 7) is 5.10. The predicted molar refractivity (Wildman–Crippen MR) is 61.4 cm³/mol. The van der Waals surface area contributed by atoms with Gasteiger partial charge in [-0.25, -0.2) is 0 Å². The summed E-state index contributed by atoms with van der Waals surface area (Å²) in [7, 11) is 0. The van der Waals surface area contributed by atoms with Crippen LogP contribution >= 0.6 is 0 Å². The fourth-order valence-electron chi connectivity index (χ4n) is 1.38. The number of hydrogen-bond acceptors (Lipinski definition) is 2. The second-order valence-corrected chi connectivity index (χ2v) is 3.68. The van der Waals surface area contributed by atoms with Gasteiger partial charge in [0.2, 0.25) is 0 Å². The highest BCUT2D eigenvalue weighted by atomic mass is 16.5. The highest BCUT2D eigenvalue weighted by Gasteiger charge is 2.03. The van der Waals surface area contributed by atoms with Gasteiger partial charge in [-0.15, -0.1) is 0 Å². The van der Waals surface area contributed by atoms with Crippen LogP contribution in [0.25, 0.3) is 0 Å². The lowest BCUT2D eigenvalue weighted by Gasteiger charge is -2.13. The minimum atomic E-state index is 0.621. The Morgan fingerprint density at radius 2 is 1.80 bits per heavy atom. The lowest BCUT2D eigenvalue weighted by atomic mass is 10.1. The lowest BCUT2D eigenvalue weighted by Crippen LogP contribution is -2.09. The standard InChI is InChI=1S/C13H18O2/c1-3-11(4-2)10-15-13-7-5-12(9-14)6-8-13/h5-9,11H,3-4,10H2,1-2H3. The first kappa shape index (κ1) is 11.8. The molecule has 0 aromatic heterocycles. The first-order valence-electron chi connectivity index (χ1n) is 5.48. The highest BCUT2D eigenvalue weighted by Crippen LogP contribution is 2.14. The zero-order valence-electron chi connectivity index (χ0n) is 9.40. The Morgan fingerprint density at radius 1 is 1.20 bits per heavy atom. The third-order valence-electron chi connectivity index (χ3n) is 2.66. The number of carbonyl (C=O) groups excluding carboxylic acids is 1. The van der Waals surface area contributed by atoms with Gasteiger partial charge in [-0.05, 0) is 30.2 Å². The van der Waals surface area contributed by atoms with Crippen molar-refractivity contribution in [2.24, 2.45) is 5.92 Å². The topological polar surface area (TPSA) is 26.3 Å². The van der Waals surface area contributed by atoms with Gasteiger partial charge in [-0.1, -0.05) is 26.7 Å². The van der Waals surface area contributed by atoms with Crippen LogP contribution in [0.5, 0.6) is 5.75 Å². The second-order valence-electron chi connectivity index (χ2n) is 3.68. The first-order chi connectivity index (χ1) is 7.30. The summed E-state index contributed by atoms with van der Waals surface area (Å²) < 4.78 is 5.63. The summed E-state index contributed by atoms with van der Waals surface area (Å²) in [5.74, 6) is 1.46. The smallest absolute Gasteiger partial charge is 0.150 e. The molecule has 0 aliphatic carbocycles. The number of rotatable bonds is 6. The van der Waals surface area contributed by atoms with E-state index in [2.05, 4.69) is 13.8 Å². The van der Waals surface area contributed by atoms with Gasteiger partial charge in [-0.2, -0.15) is 0 Å². The molecule has 0 aliphatic heterocycles. The van der Waals surface area contributed by atoms with Crippen LogP contribution in [0.4, 0.5) is 0 Å². The van der Waals surface area contributed by atoms with Crippen molar-refractivity contribution < 1.29 is 9.53 Å². The quantitative estimate of drug-likeness (QED) is 0.667. The van der Waals surface area contributed by atoms with E-state index in [0.29, 0.717) is 11.5 Å². The van der Waals surface area contributed by atoms with Gasteiger partial charge >= 0.3 is 0 Å². The van der Waals surface area contributed by atoms with E-state index in [1.165, 1.54) is 0 Å². The molecule has 0 fully saturated rings. The van der Waals surface area contributed by atoms with E-state index in [0.717, 1.165) is 31.5 Å². The molecule has 15 heavy (non-hydrogen) atoms. The van der Waals surface area contributed by atoms with Crippen molar-refractivity contribution in [2.75, 3.05) is 6.61 Å². The molecule has 0 unspecified atom stereocenters. The molecule has 1 aromatic rings.